The molecule has 3 rings (SSSR count). The maximum atomic E-state index is 4.52. The Bertz CT molecular complexity index is 444. The molecule has 0 radical (unpaired) electrons. The van der Waals surface area contributed by atoms with Crippen molar-refractivity contribution in [3.8, 4) is 0 Å². The molecule has 0 bridgehead atoms. The molecular weight excluding hydrogens is 258 g/mol. The Morgan fingerprint density at radius 1 is 1.24 bits per heavy atom. The van der Waals surface area contributed by atoms with E-state index in [0.717, 1.165) is 25.0 Å². The maximum Gasteiger partial charge on any atom is 0.0562 e. The van der Waals surface area contributed by atoms with Crippen LogP contribution in [0, 0.1) is 5.92 Å². The molecule has 0 spiro atoms. The van der Waals surface area contributed by atoms with E-state index in [9.17, 15) is 0 Å². The minimum Gasteiger partial charge on any atom is -0.368 e. The van der Waals surface area contributed by atoms with Gasteiger partial charge < -0.3 is 10.2 Å². The molecule has 2 heterocycles. The van der Waals surface area contributed by atoms with Crippen molar-refractivity contribution in [1.29, 1.82) is 0 Å². The van der Waals surface area contributed by atoms with Crippen LogP contribution in [-0.2, 0) is 6.54 Å². The zero-order chi connectivity index (χ0) is 14.5. The van der Waals surface area contributed by atoms with E-state index in [1.54, 1.807) is 0 Å². The van der Waals surface area contributed by atoms with Gasteiger partial charge in [0.15, 0.2) is 0 Å². The zero-order valence-corrected chi connectivity index (χ0v) is 13.4. The Balaban J connectivity index is 1.71. The lowest BCUT2D eigenvalue weighted by Gasteiger charge is -2.45. The van der Waals surface area contributed by atoms with Crippen LogP contribution in [0.5, 0.6) is 0 Å². The Hall–Kier alpha value is -1.09. The number of hydrogen-bond acceptors (Lipinski definition) is 3. The van der Waals surface area contributed by atoms with Crippen molar-refractivity contribution < 1.29 is 0 Å². The number of rotatable bonds is 5. The van der Waals surface area contributed by atoms with E-state index in [-0.39, 0.29) is 0 Å². The van der Waals surface area contributed by atoms with Crippen molar-refractivity contribution >= 4 is 5.69 Å². The molecule has 1 saturated carbocycles. The van der Waals surface area contributed by atoms with Crippen LogP contribution in [0.3, 0.4) is 0 Å². The lowest BCUT2D eigenvalue weighted by molar-refractivity contribution is 0.244. The molecule has 3 nitrogen and oxygen atoms in total. The van der Waals surface area contributed by atoms with Gasteiger partial charge in [0.2, 0.25) is 0 Å². The van der Waals surface area contributed by atoms with Crippen LogP contribution in [0.4, 0.5) is 5.69 Å². The third-order valence-corrected chi connectivity index (χ3v) is 5.11. The van der Waals surface area contributed by atoms with Crippen molar-refractivity contribution in [2.24, 2.45) is 5.92 Å². The van der Waals surface area contributed by atoms with Gasteiger partial charge in [0.25, 0.3) is 0 Å². The van der Waals surface area contributed by atoms with Gasteiger partial charge in [0.1, 0.15) is 0 Å². The molecule has 21 heavy (non-hydrogen) atoms. The summed E-state index contributed by atoms with van der Waals surface area (Å²) in [6.45, 7) is 5.39. The lowest BCUT2D eigenvalue weighted by atomic mass is 9.78. The third-order valence-electron chi connectivity index (χ3n) is 5.11. The minimum absolute atomic E-state index is 0.784. The maximum absolute atomic E-state index is 4.52. The highest BCUT2D eigenvalue weighted by atomic mass is 15.2. The van der Waals surface area contributed by atoms with Gasteiger partial charge in [-0.05, 0) is 56.7 Å². The monoisotopic (exact) mass is 287 g/mol. The van der Waals surface area contributed by atoms with Crippen LogP contribution in [0.2, 0.25) is 0 Å². The van der Waals surface area contributed by atoms with Crippen molar-refractivity contribution in [2.45, 2.75) is 64.5 Å². The second-order valence-corrected chi connectivity index (χ2v) is 6.63. The first kappa shape index (κ1) is 14.8. The third kappa shape index (κ3) is 3.57. The van der Waals surface area contributed by atoms with E-state index in [4.69, 9.17) is 0 Å². The van der Waals surface area contributed by atoms with E-state index in [1.807, 2.05) is 6.20 Å². The van der Waals surface area contributed by atoms with Gasteiger partial charge in [0, 0.05) is 31.0 Å². The van der Waals surface area contributed by atoms with Crippen LogP contribution in [0.1, 0.15) is 57.6 Å². The highest BCUT2D eigenvalue weighted by molar-refractivity contribution is 5.48. The molecule has 116 valence electrons. The molecule has 0 aromatic carbocycles. The summed E-state index contributed by atoms with van der Waals surface area (Å²) in [6.07, 6.45) is 11.6. The van der Waals surface area contributed by atoms with Gasteiger partial charge >= 0.3 is 0 Å². The summed E-state index contributed by atoms with van der Waals surface area (Å²) in [5, 5.41) is 3.46. The number of piperidine rings is 1. The van der Waals surface area contributed by atoms with Gasteiger partial charge in [-0.1, -0.05) is 19.8 Å². The molecule has 1 aliphatic carbocycles. The van der Waals surface area contributed by atoms with Crippen LogP contribution in [-0.4, -0.2) is 24.1 Å². The summed E-state index contributed by atoms with van der Waals surface area (Å²) in [7, 11) is 0. The van der Waals surface area contributed by atoms with Crippen LogP contribution >= 0.6 is 0 Å². The molecule has 1 aromatic heterocycles. The van der Waals surface area contributed by atoms with Crippen molar-refractivity contribution in [3.05, 3.63) is 24.0 Å². The predicted molar refractivity (Wildman–Crippen MR) is 88.6 cm³/mol. The molecule has 0 amide bonds. The number of anilines is 1. The number of pyridine rings is 1. The molecule has 1 saturated heterocycles. The Kier molecular flexibility index (Phi) is 5.13. The van der Waals surface area contributed by atoms with Gasteiger partial charge in [-0.25, -0.2) is 0 Å². The second kappa shape index (κ2) is 7.26. The van der Waals surface area contributed by atoms with Crippen molar-refractivity contribution in [1.82, 2.24) is 10.3 Å². The standard InChI is InChI=1S/C18H29N3/c1-2-10-19-14-16-13-17(9-11-20-16)21-12-5-7-15-6-3-4-8-18(15)21/h9,11,13,15,18-19H,2-8,10,12,14H2,1H3/t15-,18-/m1/s1. The highest BCUT2D eigenvalue weighted by Gasteiger charge is 2.33. The molecule has 1 aliphatic heterocycles. The summed E-state index contributed by atoms with van der Waals surface area (Å²) in [5.74, 6) is 0.933. The smallest absolute Gasteiger partial charge is 0.0562 e. The topological polar surface area (TPSA) is 28.2 Å². The number of hydrogen-bond donors (Lipinski definition) is 1. The summed E-state index contributed by atoms with van der Waals surface area (Å²) in [6, 6.07) is 5.30. The van der Waals surface area contributed by atoms with E-state index >= 15 is 0 Å². The minimum atomic E-state index is 0.784. The fourth-order valence-corrected chi connectivity index (χ4v) is 4.08. The fraction of sp³-hybridized carbons (Fsp3) is 0.722. The first-order valence-corrected chi connectivity index (χ1v) is 8.81. The predicted octanol–water partition coefficient (Wildman–Crippen LogP) is 3.74. The fourth-order valence-electron chi connectivity index (χ4n) is 4.08. The summed E-state index contributed by atoms with van der Waals surface area (Å²) in [5.41, 5.74) is 2.58. The summed E-state index contributed by atoms with van der Waals surface area (Å²) < 4.78 is 0. The molecular formula is C18H29N3. The largest absolute Gasteiger partial charge is 0.368 e. The summed E-state index contributed by atoms with van der Waals surface area (Å²) >= 11 is 0. The lowest BCUT2D eigenvalue weighted by Crippen LogP contribution is -2.47. The molecule has 1 N–H and O–H groups in total. The normalized spacial score (nSPS) is 25.7. The van der Waals surface area contributed by atoms with Gasteiger partial charge in [-0.3, -0.25) is 4.98 Å². The van der Waals surface area contributed by atoms with E-state index in [1.165, 1.54) is 62.9 Å². The van der Waals surface area contributed by atoms with E-state index in [0.29, 0.717) is 0 Å². The van der Waals surface area contributed by atoms with Crippen molar-refractivity contribution in [3.63, 3.8) is 0 Å². The zero-order valence-electron chi connectivity index (χ0n) is 13.4. The molecule has 2 atom stereocenters. The highest BCUT2D eigenvalue weighted by Crippen LogP contribution is 2.37. The van der Waals surface area contributed by atoms with Crippen LogP contribution in [0.25, 0.3) is 0 Å². The second-order valence-electron chi connectivity index (χ2n) is 6.63. The van der Waals surface area contributed by atoms with Gasteiger partial charge in [0.05, 0.1) is 5.69 Å². The quantitative estimate of drug-likeness (QED) is 0.836. The first-order valence-electron chi connectivity index (χ1n) is 8.81. The summed E-state index contributed by atoms with van der Waals surface area (Å²) in [4.78, 5) is 7.20. The van der Waals surface area contributed by atoms with E-state index in [2.05, 4.69) is 34.3 Å². The SMILES string of the molecule is CCCNCc1cc(N2CCC[C@H]3CCCC[C@H]32)ccn1. The first-order chi connectivity index (χ1) is 10.4. The molecule has 2 aliphatic rings. The Morgan fingerprint density at radius 2 is 2.10 bits per heavy atom. The number of nitrogens with one attached hydrogen (secondary N) is 1. The molecule has 2 fully saturated rings. The Morgan fingerprint density at radius 3 is 3.00 bits per heavy atom. The number of aromatic nitrogens is 1. The Labute approximate surface area is 129 Å². The molecule has 3 heteroatoms. The van der Waals surface area contributed by atoms with Gasteiger partial charge in [-0.2, -0.15) is 0 Å². The average Bonchev–Trinajstić information content (AvgIpc) is 2.55. The van der Waals surface area contributed by atoms with Crippen LogP contribution in [0.15, 0.2) is 18.3 Å². The number of fused-ring (bicyclic) bond motifs is 1. The van der Waals surface area contributed by atoms with E-state index < -0.39 is 0 Å². The molecule has 0 unspecified atom stereocenters. The molecule has 1 aromatic rings. The van der Waals surface area contributed by atoms with Crippen LogP contribution < -0.4 is 10.2 Å². The number of nitrogens with zero attached hydrogens (tertiary/aromatic N) is 2. The van der Waals surface area contributed by atoms with Crippen molar-refractivity contribution in [2.75, 3.05) is 18.0 Å². The van der Waals surface area contributed by atoms with Gasteiger partial charge in [-0.15, -0.1) is 0 Å². The average molecular weight is 287 g/mol.